The van der Waals surface area contributed by atoms with Crippen LogP contribution in [0, 0.1) is 0 Å². The summed E-state index contributed by atoms with van der Waals surface area (Å²) in [5.74, 6) is 1.72. The molecule has 0 atom stereocenters. The van der Waals surface area contributed by atoms with Crippen molar-refractivity contribution < 1.29 is 9.47 Å². The fourth-order valence-corrected chi connectivity index (χ4v) is 2.81. The van der Waals surface area contributed by atoms with Gasteiger partial charge in [0, 0.05) is 18.7 Å². The Bertz CT molecular complexity index is 406. The van der Waals surface area contributed by atoms with Crippen molar-refractivity contribution in [3.8, 4) is 11.5 Å². The fraction of sp³-hybridized carbons (Fsp3) is 0.625. The molecular weight excluding hydrogens is 252 g/mol. The van der Waals surface area contributed by atoms with E-state index in [4.69, 9.17) is 9.47 Å². The third-order valence-corrected chi connectivity index (χ3v) is 4.15. The van der Waals surface area contributed by atoms with Gasteiger partial charge in [-0.25, -0.2) is 0 Å². The zero-order chi connectivity index (χ0) is 14.5. The van der Waals surface area contributed by atoms with Crippen molar-refractivity contribution in [3.63, 3.8) is 0 Å². The standard InChI is InChI=1S/C16H26N2O2/c1-17-7-5-14(6-8-17)18(2)12-13-9-15(19-3)11-16(10-13)20-4/h9-11,14H,5-8,12H2,1-4H3. The summed E-state index contributed by atoms with van der Waals surface area (Å²) in [5, 5.41) is 0. The molecule has 1 aliphatic heterocycles. The molecule has 0 saturated carbocycles. The first-order valence-corrected chi connectivity index (χ1v) is 7.23. The van der Waals surface area contributed by atoms with Gasteiger partial charge in [-0.3, -0.25) is 4.90 Å². The Balaban J connectivity index is 2.01. The molecule has 1 aromatic rings. The maximum absolute atomic E-state index is 5.33. The lowest BCUT2D eigenvalue weighted by atomic mass is 10.0. The Kier molecular flexibility index (Phi) is 5.26. The van der Waals surface area contributed by atoms with Crippen LogP contribution in [0.15, 0.2) is 18.2 Å². The van der Waals surface area contributed by atoms with Gasteiger partial charge in [-0.15, -0.1) is 0 Å². The van der Waals surface area contributed by atoms with Crippen LogP contribution in [0.5, 0.6) is 11.5 Å². The van der Waals surface area contributed by atoms with E-state index in [1.54, 1.807) is 14.2 Å². The molecule has 4 heteroatoms. The molecule has 0 amide bonds. The molecule has 0 aromatic heterocycles. The summed E-state index contributed by atoms with van der Waals surface area (Å²) < 4.78 is 10.7. The number of piperidine rings is 1. The first-order valence-electron chi connectivity index (χ1n) is 7.23. The van der Waals surface area contributed by atoms with E-state index in [1.165, 1.54) is 31.5 Å². The van der Waals surface area contributed by atoms with Gasteiger partial charge >= 0.3 is 0 Å². The van der Waals surface area contributed by atoms with Gasteiger partial charge in [0.2, 0.25) is 0 Å². The van der Waals surface area contributed by atoms with Crippen LogP contribution in [0.2, 0.25) is 0 Å². The number of nitrogens with zero attached hydrogens (tertiary/aromatic N) is 2. The lowest BCUT2D eigenvalue weighted by molar-refractivity contribution is 0.139. The van der Waals surface area contributed by atoms with Crippen molar-refractivity contribution in [3.05, 3.63) is 23.8 Å². The van der Waals surface area contributed by atoms with Gasteiger partial charge in [-0.05, 0) is 57.7 Å². The first-order chi connectivity index (χ1) is 9.62. The number of benzene rings is 1. The zero-order valence-corrected chi connectivity index (χ0v) is 13.1. The molecule has 20 heavy (non-hydrogen) atoms. The van der Waals surface area contributed by atoms with Gasteiger partial charge in [0.1, 0.15) is 11.5 Å². The van der Waals surface area contributed by atoms with Crippen LogP contribution in [0.3, 0.4) is 0 Å². The maximum Gasteiger partial charge on any atom is 0.122 e. The lowest BCUT2D eigenvalue weighted by Crippen LogP contribution is -2.41. The van der Waals surface area contributed by atoms with Gasteiger partial charge in [0.25, 0.3) is 0 Å². The van der Waals surface area contributed by atoms with Gasteiger partial charge in [-0.1, -0.05) is 0 Å². The summed E-state index contributed by atoms with van der Waals surface area (Å²) in [6, 6.07) is 6.77. The summed E-state index contributed by atoms with van der Waals surface area (Å²) in [6.07, 6.45) is 2.49. The third kappa shape index (κ3) is 3.87. The molecular formula is C16H26N2O2. The van der Waals surface area contributed by atoms with Crippen LogP contribution in [-0.2, 0) is 6.54 Å². The number of rotatable bonds is 5. The summed E-state index contributed by atoms with van der Waals surface area (Å²) in [4.78, 5) is 4.85. The van der Waals surface area contributed by atoms with Crippen molar-refractivity contribution in [2.75, 3.05) is 41.4 Å². The fourth-order valence-electron chi connectivity index (χ4n) is 2.81. The predicted molar refractivity (Wildman–Crippen MR) is 81.5 cm³/mol. The average molecular weight is 278 g/mol. The largest absolute Gasteiger partial charge is 0.497 e. The Labute approximate surface area is 122 Å². The van der Waals surface area contributed by atoms with Crippen LogP contribution < -0.4 is 9.47 Å². The molecule has 1 saturated heterocycles. The Morgan fingerprint density at radius 1 is 1.10 bits per heavy atom. The van der Waals surface area contributed by atoms with Gasteiger partial charge in [0.15, 0.2) is 0 Å². The monoisotopic (exact) mass is 278 g/mol. The molecule has 0 N–H and O–H groups in total. The second-order valence-electron chi connectivity index (χ2n) is 5.67. The zero-order valence-electron chi connectivity index (χ0n) is 13.1. The normalized spacial score (nSPS) is 17.4. The number of methoxy groups -OCH3 is 2. The minimum Gasteiger partial charge on any atom is -0.497 e. The van der Waals surface area contributed by atoms with Crippen molar-refractivity contribution in [1.82, 2.24) is 9.80 Å². The number of likely N-dealkylation sites (tertiary alicyclic amines) is 1. The molecule has 1 fully saturated rings. The smallest absolute Gasteiger partial charge is 0.122 e. The van der Waals surface area contributed by atoms with Crippen molar-refractivity contribution >= 4 is 0 Å². The van der Waals surface area contributed by atoms with E-state index in [2.05, 4.69) is 36.0 Å². The second-order valence-corrected chi connectivity index (χ2v) is 5.67. The van der Waals surface area contributed by atoms with E-state index < -0.39 is 0 Å². The maximum atomic E-state index is 5.33. The van der Waals surface area contributed by atoms with Crippen molar-refractivity contribution in [1.29, 1.82) is 0 Å². The highest BCUT2D eigenvalue weighted by Gasteiger charge is 2.20. The molecule has 0 spiro atoms. The van der Waals surface area contributed by atoms with Gasteiger partial charge in [0.05, 0.1) is 14.2 Å². The summed E-state index contributed by atoms with van der Waals surface area (Å²) >= 11 is 0. The van der Waals surface area contributed by atoms with Gasteiger partial charge in [-0.2, -0.15) is 0 Å². The molecule has 0 bridgehead atoms. The Hall–Kier alpha value is -1.26. The molecule has 4 nitrogen and oxygen atoms in total. The highest BCUT2D eigenvalue weighted by molar-refractivity contribution is 5.38. The molecule has 0 radical (unpaired) electrons. The highest BCUT2D eigenvalue weighted by atomic mass is 16.5. The third-order valence-electron chi connectivity index (χ3n) is 4.15. The van der Waals surface area contributed by atoms with Crippen LogP contribution in [0.1, 0.15) is 18.4 Å². The predicted octanol–water partition coefficient (Wildman–Crippen LogP) is 2.23. The summed E-state index contributed by atoms with van der Waals surface area (Å²) in [6.45, 7) is 3.31. The van der Waals surface area contributed by atoms with E-state index in [0.29, 0.717) is 6.04 Å². The van der Waals surface area contributed by atoms with Crippen LogP contribution in [0.25, 0.3) is 0 Å². The minimum atomic E-state index is 0.670. The van der Waals surface area contributed by atoms with E-state index in [0.717, 1.165) is 18.0 Å². The molecule has 1 aromatic carbocycles. The van der Waals surface area contributed by atoms with E-state index >= 15 is 0 Å². The van der Waals surface area contributed by atoms with Crippen molar-refractivity contribution in [2.45, 2.75) is 25.4 Å². The average Bonchev–Trinajstić information content (AvgIpc) is 2.47. The molecule has 112 valence electrons. The number of hydrogen-bond acceptors (Lipinski definition) is 4. The SMILES string of the molecule is COc1cc(CN(C)C2CCN(C)CC2)cc(OC)c1. The van der Waals surface area contributed by atoms with Crippen LogP contribution >= 0.6 is 0 Å². The van der Waals surface area contributed by atoms with Crippen LogP contribution in [-0.4, -0.2) is 57.2 Å². The number of ether oxygens (including phenoxy) is 2. The summed E-state index contributed by atoms with van der Waals surface area (Å²) in [7, 11) is 7.80. The van der Waals surface area contributed by atoms with E-state index in [9.17, 15) is 0 Å². The quantitative estimate of drug-likeness (QED) is 0.824. The first kappa shape index (κ1) is 15.1. The van der Waals surface area contributed by atoms with E-state index in [-0.39, 0.29) is 0 Å². The Morgan fingerprint density at radius 2 is 1.65 bits per heavy atom. The molecule has 0 unspecified atom stereocenters. The molecule has 0 aliphatic carbocycles. The molecule has 1 heterocycles. The highest BCUT2D eigenvalue weighted by Crippen LogP contribution is 2.24. The van der Waals surface area contributed by atoms with Crippen molar-refractivity contribution in [2.24, 2.45) is 0 Å². The van der Waals surface area contributed by atoms with Crippen LogP contribution in [0.4, 0.5) is 0 Å². The van der Waals surface area contributed by atoms with Gasteiger partial charge < -0.3 is 14.4 Å². The topological polar surface area (TPSA) is 24.9 Å². The molecule has 1 aliphatic rings. The lowest BCUT2D eigenvalue weighted by Gasteiger charge is -2.35. The van der Waals surface area contributed by atoms with E-state index in [1.807, 2.05) is 6.07 Å². The summed E-state index contributed by atoms with van der Waals surface area (Å²) in [5.41, 5.74) is 1.24. The second kappa shape index (κ2) is 6.95. The Morgan fingerprint density at radius 3 is 2.15 bits per heavy atom. The number of hydrogen-bond donors (Lipinski definition) is 0. The minimum absolute atomic E-state index is 0.670. The molecule has 2 rings (SSSR count).